The largest absolute Gasteiger partial charge is 0.465 e. The van der Waals surface area contributed by atoms with E-state index in [0.717, 1.165) is 37.9 Å². The lowest BCUT2D eigenvalue weighted by Crippen LogP contribution is -2.55. The van der Waals surface area contributed by atoms with Crippen molar-refractivity contribution in [3.63, 3.8) is 0 Å². The Bertz CT molecular complexity index is 768. The van der Waals surface area contributed by atoms with Crippen molar-refractivity contribution in [2.45, 2.75) is 37.5 Å². The van der Waals surface area contributed by atoms with Gasteiger partial charge in [-0.15, -0.1) is 0 Å². The zero-order valence-corrected chi connectivity index (χ0v) is 15.5. The first kappa shape index (κ1) is 17.9. The number of rotatable bonds is 4. The molecule has 2 atom stereocenters. The minimum atomic E-state index is -0.906. The number of piperidine rings is 1. The summed E-state index contributed by atoms with van der Waals surface area (Å²) in [6.45, 7) is 2.22. The predicted molar refractivity (Wildman–Crippen MR) is 105 cm³/mol. The highest BCUT2D eigenvalue weighted by Gasteiger charge is 2.46. The second-order valence-electron chi connectivity index (χ2n) is 7.35. The van der Waals surface area contributed by atoms with Crippen molar-refractivity contribution in [3.05, 3.63) is 66.2 Å². The van der Waals surface area contributed by atoms with E-state index in [1.807, 2.05) is 48.5 Å². The molecular weight excluding hydrogens is 340 g/mol. The van der Waals surface area contributed by atoms with Gasteiger partial charge in [0.1, 0.15) is 0 Å². The fourth-order valence-corrected chi connectivity index (χ4v) is 4.36. The van der Waals surface area contributed by atoms with Crippen molar-refractivity contribution < 1.29 is 14.6 Å². The lowest BCUT2D eigenvalue weighted by molar-refractivity contribution is -0.192. The Morgan fingerprint density at radius 3 is 2.41 bits per heavy atom. The van der Waals surface area contributed by atoms with Crippen molar-refractivity contribution in [3.8, 4) is 0 Å². The lowest BCUT2D eigenvalue weighted by Gasteiger charge is -2.46. The molecule has 0 saturated carbocycles. The summed E-state index contributed by atoms with van der Waals surface area (Å²) in [6.07, 6.45) is 2.54. The number of benzene rings is 2. The maximum Gasteiger partial charge on any atom is 0.409 e. The third-order valence-electron chi connectivity index (χ3n) is 5.67. The van der Waals surface area contributed by atoms with Gasteiger partial charge in [0.2, 0.25) is 0 Å². The molecule has 27 heavy (non-hydrogen) atoms. The molecule has 0 aliphatic carbocycles. The Morgan fingerprint density at radius 2 is 1.70 bits per heavy atom. The van der Waals surface area contributed by atoms with Crippen LogP contribution in [0.15, 0.2) is 60.7 Å². The quantitative estimate of drug-likeness (QED) is 0.877. The van der Waals surface area contributed by atoms with Gasteiger partial charge < -0.3 is 14.7 Å². The molecular formula is C22H26N2O3. The van der Waals surface area contributed by atoms with E-state index in [1.54, 1.807) is 0 Å². The zero-order chi connectivity index (χ0) is 18.7. The summed E-state index contributed by atoms with van der Waals surface area (Å²) >= 11 is 0. The minimum absolute atomic E-state index is 0.00497. The molecule has 5 heteroatoms. The van der Waals surface area contributed by atoms with E-state index in [-0.39, 0.29) is 6.10 Å². The van der Waals surface area contributed by atoms with Gasteiger partial charge in [0.15, 0.2) is 5.72 Å². The van der Waals surface area contributed by atoms with Crippen LogP contribution in [-0.4, -0.2) is 41.8 Å². The number of anilines is 1. The summed E-state index contributed by atoms with van der Waals surface area (Å²) in [5.41, 5.74) is 1.24. The van der Waals surface area contributed by atoms with Gasteiger partial charge in [0.05, 0.1) is 6.10 Å². The van der Waals surface area contributed by atoms with Gasteiger partial charge in [0, 0.05) is 37.3 Å². The van der Waals surface area contributed by atoms with Crippen molar-refractivity contribution in [2.24, 2.45) is 0 Å². The third kappa shape index (κ3) is 3.52. The number of ether oxygens (including phenoxy) is 1. The molecule has 0 radical (unpaired) electrons. The summed E-state index contributed by atoms with van der Waals surface area (Å²) in [4.78, 5) is 15.9. The number of nitrogens with zero attached hydrogens (tertiary/aromatic N) is 2. The summed E-state index contributed by atoms with van der Waals surface area (Å²) in [7, 11) is 0. The van der Waals surface area contributed by atoms with Gasteiger partial charge in [-0.05, 0) is 31.4 Å². The first-order valence-corrected chi connectivity index (χ1v) is 9.73. The number of hydrogen-bond donors (Lipinski definition) is 1. The van der Waals surface area contributed by atoms with Crippen LogP contribution in [0.2, 0.25) is 0 Å². The van der Waals surface area contributed by atoms with Crippen molar-refractivity contribution in [1.29, 1.82) is 0 Å². The molecule has 1 N–H and O–H groups in total. The molecule has 5 nitrogen and oxygen atoms in total. The topological polar surface area (TPSA) is 53.0 Å². The molecule has 0 aromatic heterocycles. The van der Waals surface area contributed by atoms with Gasteiger partial charge in [-0.25, -0.2) is 4.79 Å². The predicted octanol–water partition coefficient (Wildman–Crippen LogP) is 4.30. The lowest BCUT2D eigenvalue weighted by atomic mass is 9.90. The van der Waals surface area contributed by atoms with Gasteiger partial charge in [-0.1, -0.05) is 48.5 Å². The molecule has 2 heterocycles. The molecule has 0 bridgehead atoms. The van der Waals surface area contributed by atoms with Crippen LogP contribution in [0.3, 0.4) is 0 Å². The molecule has 2 saturated heterocycles. The van der Waals surface area contributed by atoms with Crippen LogP contribution in [0.1, 0.15) is 31.2 Å². The smallest absolute Gasteiger partial charge is 0.409 e. The number of likely N-dealkylation sites (tertiary alicyclic amines) is 1. The van der Waals surface area contributed by atoms with E-state index < -0.39 is 11.8 Å². The Labute approximate surface area is 160 Å². The molecule has 1 amide bonds. The Kier molecular flexibility index (Phi) is 5.03. The molecule has 142 valence electrons. The van der Waals surface area contributed by atoms with E-state index in [9.17, 15) is 9.90 Å². The van der Waals surface area contributed by atoms with Crippen LogP contribution >= 0.6 is 0 Å². The zero-order valence-electron chi connectivity index (χ0n) is 15.5. The summed E-state index contributed by atoms with van der Waals surface area (Å²) in [5.74, 6) is 0. The SMILES string of the molecule is O=C(O)N1CCCCC1(O[C@H]1CCN(c2ccccc2)C1)c1ccccc1. The number of para-hydroxylation sites is 1. The maximum atomic E-state index is 12.0. The number of hydrogen-bond acceptors (Lipinski definition) is 3. The molecule has 2 aromatic carbocycles. The van der Waals surface area contributed by atoms with Crippen LogP contribution in [0.4, 0.5) is 10.5 Å². The van der Waals surface area contributed by atoms with Gasteiger partial charge in [0.25, 0.3) is 0 Å². The highest BCUT2D eigenvalue weighted by molar-refractivity contribution is 5.66. The van der Waals surface area contributed by atoms with E-state index in [0.29, 0.717) is 13.0 Å². The maximum absolute atomic E-state index is 12.0. The van der Waals surface area contributed by atoms with E-state index in [1.165, 1.54) is 10.6 Å². The van der Waals surface area contributed by atoms with Gasteiger partial charge in [-0.2, -0.15) is 0 Å². The Morgan fingerprint density at radius 1 is 1.00 bits per heavy atom. The summed E-state index contributed by atoms with van der Waals surface area (Å²) < 4.78 is 6.66. The first-order valence-electron chi connectivity index (χ1n) is 9.73. The molecule has 4 rings (SSSR count). The molecule has 2 fully saturated rings. The van der Waals surface area contributed by atoms with Crippen LogP contribution < -0.4 is 4.90 Å². The first-order chi connectivity index (χ1) is 13.2. The van der Waals surface area contributed by atoms with Crippen LogP contribution in [0, 0.1) is 0 Å². The minimum Gasteiger partial charge on any atom is -0.465 e. The van der Waals surface area contributed by atoms with E-state index in [2.05, 4.69) is 17.0 Å². The van der Waals surface area contributed by atoms with Crippen molar-refractivity contribution in [1.82, 2.24) is 4.90 Å². The Hall–Kier alpha value is -2.53. The molecule has 2 aliphatic heterocycles. The fraction of sp³-hybridized carbons (Fsp3) is 0.409. The second kappa shape index (κ2) is 7.61. The number of carbonyl (C=O) groups is 1. The summed E-state index contributed by atoms with van der Waals surface area (Å²) in [5, 5.41) is 9.87. The van der Waals surface area contributed by atoms with Gasteiger partial charge in [-0.3, -0.25) is 4.90 Å². The molecule has 0 spiro atoms. The standard InChI is InChI=1S/C22H26N2O3/c25-21(26)24-15-8-7-14-22(24,18-9-3-1-4-10-18)27-20-13-16-23(17-20)19-11-5-2-6-12-19/h1-6,9-12,20H,7-8,13-17H2,(H,25,26)/t20-,22?/m0/s1. The molecule has 1 unspecified atom stereocenters. The highest BCUT2D eigenvalue weighted by atomic mass is 16.5. The van der Waals surface area contributed by atoms with Crippen molar-refractivity contribution >= 4 is 11.8 Å². The van der Waals surface area contributed by atoms with Gasteiger partial charge >= 0.3 is 6.09 Å². The Balaban J connectivity index is 1.60. The van der Waals surface area contributed by atoms with Crippen LogP contribution in [-0.2, 0) is 10.5 Å². The van der Waals surface area contributed by atoms with E-state index >= 15 is 0 Å². The van der Waals surface area contributed by atoms with E-state index in [4.69, 9.17) is 4.74 Å². The molecule has 2 aliphatic rings. The highest BCUT2D eigenvalue weighted by Crippen LogP contribution is 2.41. The second-order valence-corrected chi connectivity index (χ2v) is 7.35. The average molecular weight is 366 g/mol. The average Bonchev–Trinajstić information content (AvgIpc) is 3.18. The third-order valence-corrected chi connectivity index (χ3v) is 5.67. The van der Waals surface area contributed by atoms with Crippen LogP contribution in [0.5, 0.6) is 0 Å². The number of amides is 1. The summed E-state index contributed by atoms with van der Waals surface area (Å²) in [6, 6.07) is 20.2. The van der Waals surface area contributed by atoms with Crippen molar-refractivity contribution in [2.75, 3.05) is 24.5 Å². The fourth-order valence-electron chi connectivity index (χ4n) is 4.36. The van der Waals surface area contributed by atoms with Crippen LogP contribution in [0.25, 0.3) is 0 Å². The molecule has 2 aromatic rings. The number of carboxylic acid groups (broad SMARTS) is 1. The normalized spacial score (nSPS) is 25.6. The monoisotopic (exact) mass is 366 g/mol.